The lowest BCUT2D eigenvalue weighted by molar-refractivity contribution is -0.123. The van der Waals surface area contributed by atoms with Gasteiger partial charge in [0.2, 0.25) is 5.91 Å². The summed E-state index contributed by atoms with van der Waals surface area (Å²) in [5, 5.41) is 13.7. The number of carbonyl (C=O) groups excluding carboxylic acids is 1. The minimum absolute atomic E-state index is 0.142. The van der Waals surface area contributed by atoms with Crippen LogP contribution in [0.15, 0.2) is 48.5 Å². The number of benzene rings is 2. The Morgan fingerprint density at radius 3 is 2.52 bits per heavy atom. The molecular weight excluding hydrogens is 319 g/mol. The highest BCUT2D eigenvalue weighted by molar-refractivity contribution is 6.08. The minimum atomic E-state index is -0.843. The molecule has 0 saturated carbocycles. The Hall–Kier alpha value is -2.24. The van der Waals surface area contributed by atoms with Crippen molar-refractivity contribution in [3.63, 3.8) is 0 Å². The summed E-state index contributed by atoms with van der Waals surface area (Å²) in [4.78, 5) is 14.8. The molecule has 3 rings (SSSR count). The molecule has 0 fully saturated rings. The van der Waals surface area contributed by atoms with Crippen LogP contribution in [-0.2, 0) is 10.2 Å². The Morgan fingerprint density at radius 2 is 1.88 bits per heavy atom. The summed E-state index contributed by atoms with van der Waals surface area (Å²) in [6.07, 6.45) is -0.803. The maximum atomic E-state index is 13.8. The van der Waals surface area contributed by atoms with Crippen LogP contribution in [0.5, 0.6) is 0 Å². The lowest BCUT2D eigenvalue weighted by Gasteiger charge is -2.33. The number of anilines is 1. The minimum Gasteiger partial charge on any atom is -0.389 e. The van der Waals surface area contributed by atoms with Gasteiger partial charge in [-0.25, -0.2) is 4.39 Å². The molecule has 2 aromatic carbocycles. The van der Waals surface area contributed by atoms with Crippen molar-refractivity contribution >= 4 is 11.6 Å². The first kappa shape index (κ1) is 17.6. The first-order valence-corrected chi connectivity index (χ1v) is 8.39. The fourth-order valence-electron chi connectivity index (χ4n) is 3.54. The van der Waals surface area contributed by atoms with E-state index in [0.717, 1.165) is 5.56 Å². The quantitative estimate of drug-likeness (QED) is 0.878. The average molecular weight is 342 g/mol. The van der Waals surface area contributed by atoms with Crippen LogP contribution in [0, 0.1) is 5.82 Å². The van der Waals surface area contributed by atoms with Crippen molar-refractivity contribution in [3.8, 4) is 0 Å². The molecule has 1 aliphatic rings. The molecule has 0 spiro atoms. The smallest absolute Gasteiger partial charge is 0.237 e. The van der Waals surface area contributed by atoms with Gasteiger partial charge >= 0.3 is 0 Å². The van der Waals surface area contributed by atoms with Gasteiger partial charge in [-0.1, -0.05) is 30.3 Å². The molecule has 25 heavy (non-hydrogen) atoms. The van der Waals surface area contributed by atoms with Gasteiger partial charge in [-0.15, -0.1) is 0 Å². The zero-order valence-corrected chi connectivity index (χ0v) is 14.7. The maximum absolute atomic E-state index is 13.8. The highest BCUT2D eigenvalue weighted by Gasteiger charge is 2.48. The molecule has 1 heterocycles. The molecule has 0 saturated heterocycles. The first-order valence-electron chi connectivity index (χ1n) is 8.39. The Balaban J connectivity index is 2.15. The van der Waals surface area contributed by atoms with E-state index in [1.807, 2.05) is 30.3 Å². The van der Waals surface area contributed by atoms with Gasteiger partial charge in [0, 0.05) is 12.2 Å². The number of fused-ring (bicyclic) bond motifs is 1. The number of hydrogen-bond acceptors (Lipinski definition) is 3. The Labute approximate surface area is 147 Å². The number of amides is 1. The van der Waals surface area contributed by atoms with E-state index in [1.165, 1.54) is 12.1 Å². The van der Waals surface area contributed by atoms with Crippen LogP contribution in [0.1, 0.15) is 31.0 Å². The second-order valence-corrected chi connectivity index (χ2v) is 6.94. The van der Waals surface area contributed by atoms with Crippen LogP contribution < -0.4 is 10.2 Å². The third-order valence-electron chi connectivity index (χ3n) is 4.84. The standard InChI is InChI=1S/C20H23FN2O2/c1-20(2)15-11-14(21)9-10-16(15)23(19(20)25)18(17(24)12-22-3)13-7-5-4-6-8-13/h4-11,17-18,22,24H,12H2,1-3H3/t17?,18-/m0/s1. The summed E-state index contributed by atoms with van der Waals surface area (Å²) in [6, 6.07) is 13.3. The number of nitrogens with one attached hydrogen (secondary N) is 1. The summed E-state index contributed by atoms with van der Waals surface area (Å²) in [6.45, 7) is 3.92. The Kier molecular flexibility index (Phi) is 4.62. The largest absolute Gasteiger partial charge is 0.389 e. The van der Waals surface area contributed by atoms with E-state index in [4.69, 9.17) is 0 Å². The zero-order chi connectivity index (χ0) is 18.2. The monoisotopic (exact) mass is 342 g/mol. The third-order valence-corrected chi connectivity index (χ3v) is 4.84. The van der Waals surface area contributed by atoms with E-state index < -0.39 is 17.6 Å². The van der Waals surface area contributed by atoms with Gasteiger partial charge < -0.3 is 15.3 Å². The number of nitrogens with zero attached hydrogens (tertiary/aromatic N) is 1. The van der Waals surface area contributed by atoms with Gasteiger partial charge in [-0.3, -0.25) is 4.79 Å². The molecule has 4 nitrogen and oxygen atoms in total. The molecule has 0 aliphatic carbocycles. The van der Waals surface area contributed by atoms with Crippen LogP contribution in [0.4, 0.5) is 10.1 Å². The summed E-state index contributed by atoms with van der Waals surface area (Å²) < 4.78 is 13.8. The number of halogens is 1. The lowest BCUT2D eigenvalue weighted by Crippen LogP contribution is -2.45. The van der Waals surface area contributed by atoms with Crippen molar-refractivity contribution in [2.75, 3.05) is 18.5 Å². The molecule has 1 aliphatic heterocycles. The molecule has 2 aromatic rings. The Bertz CT molecular complexity index is 777. The number of hydrogen-bond donors (Lipinski definition) is 2. The normalized spacial score (nSPS) is 18.1. The molecular formula is C20H23FN2O2. The first-order chi connectivity index (χ1) is 11.9. The van der Waals surface area contributed by atoms with Crippen molar-refractivity contribution < 1.29 is 14.3 Å². The summed E-state index contributed by atoms with van der Waals surface area (Å²) >= 11 is 0. The van der Waals surface area contributed by atoms with Gasteiger partial charge in [0.25, 0.3) is 0 Å². The maximum Gasteiger partial charge on any atom is 0.237 e. The molecule has 0 bridgehead atoms. The average Bonchev–Trinajstić information content (AvgIpc) is 2.77. The fourth-order valence-corrected chi connectivity index (χ4v) is 3.54. The molecule has 132 valence electrons. The topological polar surface area (TPSA) is 52.6 Å². The van der Waals surface area contributed by atoms with E-state index in [9.17, 15) is 14.3 Å². The van der Waals surface area contributed by atoms with E-state index >= 15 is 0 Å². The number of rotatable bonds is 5. The summed E-state index contributed by atoms with van der Waals surface area (Å²) in [5.41, 5.74) is 1.30. The number of likely N-dealkylation sites (N-methyl/N-ethyl adjacent to an activating group) is 1. The van der Waals surface area contributed by atoms with E-state index in [2.05, 4.69) is 5.32 Å². The van der Waals surface area contributed by atoms with E-state index in [-0.39, 0.29) is 11.7 Å². The van der Waals surface area contributed by atoms with Crippen LogP contribution >= 0.6 is 0 Å². The van der Waals surface area contributed by atoms with Crippen LogP contribution in [-0.4, -0.2) is 30.7 Å². The molecule has 1 amide bonds. The van der Waals surface area contributed by atoms with Crippen LogP contribution in [0.25, 0.3) is 0 Å². The summed E-state index contributed by atoms with van der Waals surface area (Å²) in [7, 11) is 1.75. The Morgan fingerprint density at radius 1 is 1.20 bits per heavy atom. The van der Waals surface area contributed by atoms with Crippen molar-refractivity contribution in [2.45, 2.75) is 31.4 Å². The van der Waals surface area contributed by atoms with Crippen molar-refractivity contribution in [1.82, 2.24) is 5.32 Å². The van der Waals surface area contributed by atoms with Gasteiger partial charge in [-0.2, -0.15) is 0 Å². The van der Waals surface area contributed by atoms with Crippen molar-refractivity contribution in [1.29, 1.82) is 0 Å². The number of aliphatic hydroxyl groups excluding tert-OH is 1. The van der Waals surface area contributed by atoms with Gasteiger partial charge in [0.15, 0.2) is 0 Å². The van der Waals surface area contributed by atoms with Gasteiger partial charge in [-0.05, 0) is 50.2 Å². The molecule has 2 N–H and O–H groups in total. The third kappa shape index (κ3) is 2.94. The molecule has 1 unspecified atom stereocenters. The molecule has 5 heteroatoms. The molecule has 2 atom stereocenters. The number of carbonyl (C=O) groups is 1. The molecule has 0 aromatic heterocycles. The second-order valence-electron chi connectivity index (χ2n) is 6.94. The highest BCUT2D eigenvalue weighted by Crippen LogP contribution is 2.46. The van der Waals surface area contributed by atoms with Gasteiger partial charge in [0.1, 0.15) is 5.82 Å². The van der Waals surface area contributed by atoms with Crippen LogP contribution in [0.3, 0.4) is 0 Å². The highest BCUT2D eigenvalue weighted by atomic mass is 19.1. The van der Waals surface area contributed by atoms with Crippen molar-refractivity contribution in [3.05, 3.63) is 65.5 Å². The second kappa shape index (κ2) is 6.58. The lowest BCUT2D eigenvalue weighted by atomic mass is 9.86. The predicted molar refractivity (Wildman–Crippen MR) is 96.0 cm³/mol. The zero-order valence-electron chi connectivity index (χ0n) is 14.7. The van der Waals surface area contributed by atoms with E-state index in [0.29, 0.717) is 17.8 Å². The van der Waals surface area contributed by atoms with E-state index in [1.54, 1.807) is 31.9 Å². The van der Waals surface area contributed by atoms with Gasteiger partial charge in [0.05, 0.1) is 17.6 Å². The summed E-state index contributed by atoms with van der Waals surface area (Å²) in [5.74, 6) is -0.509. The van der Waals surface area contributed by atoms with Crippen LogP contribution in [0.2, 0.25) is 0 Å². The SMILES string of the molecule is CNCC(O)[C@H](c1ccccc1)N1C(=O)C(C)(C)c2cc(F)ccc21. The van der Waals surface area contributed by atoms with Crippen molar-refractivity contribution in [2.24, 2.45) is 0 Å². The fraction of sp³-hybridized carbons (Fsp3) is 0.350. The predicted octanol–water partition coefficient (Wildman–Crippen LogP) is 2.77. The number of aliphatic hydroxyl groups is 1. The molecule has 0 radical (unpaired) electrons.